The Morgan fingerprint density at radius 3 is 2.94 bits per heavy atom. The predicted molar refractivity (Wildman–Crippen MR) is 70.0 cm³/mol. The minimum absolute atomic E-state index is 0.347. The van der Waals surface area contributed by atoms with E-state index >= 15 is 0 Å². The Kier molecular flexibility index (Phi) is 2.68. The molecule has 1 saturated carbocycles. The van der Waals surface area contributed by atoms with Crippen molar-refractivity contribution in [2.75, 3.05) is 10.6 Å². The predicted octanol–water partition coefficient (Wildman–Crippen LogP) is 2.29. The third-order valence-electron chi connectivity index (χ3n) is 2.85. The Bertz CT molecular complexity index is 493. The van der Waals surface area contributed by atoms with Crippen molar-refractivity contribution in [1.82, 2.24) is 9.97 Å². The lowest BCUT2D eigenvalue weighted by Crippen LogP contribution is -2.25. The molecule has 0 atom stereocenters. The normalized spacial score (nSPS) is 14.8. The molecule has 1 fully saturated rings. The van der Waals surface area contributed by atoms with Gasteiger partial charge in [0, 0.05) is 17.1 Å². The SMILES string of the molecule is Nc1nccc(N(Cc2cccs2)C2CC2)n1. The number of aromatic nitrogens is 2. The van der Waals surface area contributed by atoms with E-state index in [0.29, 0.717) is 12.0 Å². The highest BCUT2D eigenvalue weighted by atomic mass is 32.1. The molecule has 2 aromatic heterocycles. The van der Waals surface area contributed by atoms with Crippen LogP contribution in [0.2, 0.25) is 0 Å². The summed E-state index contributed by atoms with van der Waals surface area (Å²) in [5, 5.41) is 2.11. The largest absolute Gasteiger partial charge is 0.368 e. The summed E-state index contributed by atoms with van der Waals surface area (Å²) in [6.45, 7) is 0.915. The number of nitrogen functional groups attached to an aromatic ring is 1. The lowest BCUT2D eigenvalue weighted by atomic mass is 10.4. The number of nitrogens with zero attached hydrogens (tertiary/aromatic N) is 3. The molecule has 0 bridgehead atoms. The first-order valence-electron chi connectivity index (χ1n) is 5.70. The van der Waals surface area contributed by atoms with Gasteiger partial charge in [-0.15, -0.1) is 11.3 Å². The fraction of sp³-hybridized carbons (Fsp3) is 0.333. The molecule has 2 aromatic rings. The van der Waals surface area contributed by atoms with Crippen molar-refractivity contribution in [1.29, 1.82) is 0 Å². The zero-order valence-corrected chi connectivity index (χ0v) is 10.2. The Balaban J connectivity index is 1.85. The molecule has 0 aromatic carbocycles. The molecule has 1 aliphatic rings. The van der Waals surface area contributed by atoms with Gasteiger partial charge in [0.2, 0.25) is 5.95 Å². The zero-order valence-electron chi connectivity index (χ0n) is 9.41. The summed E-state index contributed by atoms with van der Waals surface area (Å²) in [4.78, 5) is 11.9. The molecular weight excluding hydrogens is 232 g/mol. The first-order valence-corrected chi connectivity index (χ1v) is 6.58. The maximum Gasteiger partial charge on any atom is 0.221 e. The van der Waals surface area contributed by atoms with Crippen molar-refractivity contribution in [2.24, 2.45) is 0 Å². The summed E-state index contributed by atoms with van der Waals surface area (Å²) in [5.74, 6) is 1.28. The van der Waals surface area contributed by atoms with E-state index in [1.165, 1.54) is 17.7 Å². The highest BCUT2D eigenvalue weighted by Crippen LogP contribution is 2.32. The van der Waals surface area contributed by atoms with E-state index in [9.17, 15) is 0 Å². The molecule has 2 heterocycles. The highest BCUT2D eigenvalue weighted by molar-refractivity contribution is 7.09. The van der Waals surface area contributed by atoms with E-state index in [0.717, 1.165) is 12.4 Å². The van der Waals surface area contributed by atoms with Crippen LogP contribution < -0.4 is 10.6 Å². The van der Waals surface area contributed by atoms with Crippen LogP contribution in [0.15, 0.2) is 29.8 Å². The van der Waals surface area contributed by atoms with E-state index in [4.69, 9.17) is 5.73 Å². The molecule has 2 N–H and O–H groups in total. The van der Waals surface area contributed by atoms with Crippen LogP contribution >= 0.6 is 11.3 Å². The van der Waals surface area contributed by atoms with Crippen LogP contribution in [0.4, 0.5) is 11.8 Å². The zero-order chi connectivity index (χ0) is 11.7. The van der Waals surface area contributed by atoms with Gasteiger partial charge in [-0.2, -0.15) is 4.98 Å². The van der Waals surface area contributed by atoms with Crippen molar-refractivity contribution < 1.29 is 0 Å². The fourth-order valence-electron chi connectivity index (χ4n) is 1.88. The van der Waals surface area contributed by atoms with Crippen molar-refractivity contribution in [2.45, 2.75) is 25.4 Å². The molecule has 0 unspecified atom stereocenters. The molecular formula is C12H14N4S. The number of thiophene rings is 1. The van der Waals surface area contributed by atoms with Gasteiger partial charge >= 0.3 is 0 Å². The number of hydrogen-bond acceptors (Lipinski definition) is 5. The Morgan fingerprint density at radius 1 is 1.41 bits per heavy atom. The number of nitrogens with two attached hydrogens (primary N) is 1. The Labute approximate surface area is 104 Å². The molecule has 3 rings (SSSR count). The molecule has 4 nitrogen and oxygen atoms in total. The minimum Gasteiger partial charge on any atom is -0.368 e. The van der Waals surface area contributed by atoms with Crippen molar-refractivity contribution >= 4 is 23.1 Å². The molecule has 88 valence electrons. The average Bonchev–Trinajstić information content (AvgIpc) is 3.03. The van der Waals surface area contributed by atoms with Crippen LogP contribution in [0.25, 0.3) is 0 Å². The van der Waals surface area contributed by atoms with Crippen LogP contribution in [0.3, 0.4) is 0 Å². The van der Waals surface area contributed by atoms with Gasteiger partial charge in [-0.25, -0.2) is 4.98 Å². The smallest absolute Gasteiger partial charge is 0.221 e. The first kappa shape index (κ1) is 10.5. The van der Waals surface area contributed by atoms with Crippen molar-refractivity contribution in [3.05, 3.63) is 34.7 Å². The van der Waals surface area contributed by atoms with Gasteiger partial charge in [0.1, 0.15) is 5.82 Å². The van der Waals surface area contributed by atoms with Crippen LogP contribution in [-0.4, -0.2) is 16.0 Å². The van der Waals surface area contributed by atoms with E-state index in [1.54, 1.807) is 17.5 Å². The highest BCUT2D eigenvalue weighted by Gasteiger charge is 2.30. The second kappa shape index (κ2) is 4.33. The lowest BCUT2D eigenvalue weighted by molar-refractivity contribution is 0.785. The lowest BCUT2D eigenvalue weighted by Gasteiger charge is -2.22. The molecule has 0 spiro atoms. The molecule has 0 aliphatic heterocycles. The number of rotatable bonds is 4. The third kappa shape index (κ3) is 2.39. The van der Waals surface area contributed by atoms with Gasteiger partial charge in [-0.05, 0) is 30.4 Å². The second-order valence-corrected chi connectivity index (χ2v) is 5.24. The van der Waals surface area contributed by atoms with Crippen LogP contribution in [0, 0.1) is 0 Å². The summed E-state index contributed by atoms with van der Waals surface area (Å²) in [5.41, 5.74) is 5.64. The van der Waals surface area contributed by atoms with Gasteiger partial charge in [0.25, 0.3) is 0 Å². The number of hydrogen-bond donors (Lipinski definition) is 1. The first-order chi connectivity index (χ1) is 8.33. The summed E-state index contributed by atoms with van der Waals surface area (Å²) in [6, 6.07) is 6.79. The van der Waals surface area contributed by atoms with E-state index in [1.807, 2.05) is 6.07 Å². The van der Waals surface area contributed by atoms with Crippen molar-refractivity contribution in [3.8, 4) is 0 Å². The molecule has 17 heavy (non-hydrogen) atoms. The van der Waals surface area contributed by atoms with Gasteiger partial charge in [0.05, 0.1) is 6.54 Å². The summed E-state index contributed by atoms with van der Waals surface area (Å²) < 4.78 is 0. The summed E-state index contributed by atoms with van der Waals surface area (Å²) in [7, 11) is 0. The van der Waals surface area contributed by atoms with Gasteiger partial charge in [0.15, 0.2) is 0 Å². The maximum atomic E-state index is 5.64. The quantitative estimate of drug-likeness (QED) is 0.899. The van der Waals surface area contributed by atoms with Crippen LogP contribution in [0.1, 0.15) is 17.7 Å². The number of anilines is 2. The van der Waals surface area contributed by atoms with Gasteiger partial charge in [-0.1, -0.05) is 6.07 Å². The average molecular weight is 246 g/mol. The molecule has 0 radical (unpaired) electrons. The van der Waals surface area contributed by atoms with E-state index < -0.39 is 0 Å². The summed E-state index contributed by atoms with van der Waals surface area (Å²) in [6.07, 6.45) is 4.21. The third-order valence-corrected chi connectivity index (χ3v) is 3.71. The maximum absolute atomic E-state index is 5.64. The molecule has 1 aliphatic carbocycles. The Hall–Kier alpha value is -1.62. The topological polar surface area (TPSA) is 55.0 Å². The minimum atomic E-state index is 0.347. The summed E-state index contributed by atoms with van der Waals surface area (Å²) >= 11 is 1.78. The Morgan fingerprint density at radius 2 is 2.29 bits per heavy atom. The van der Waals surface area contributed by atoms with Crippen LogP contribution in [0.5, 0.6) is 0 Å². The second-order valence-electron chi connectivity index (χ2n) is 4.21. The molecule has 5 heteroatoms. The standard InChI is InChI=1S/C12H14N4S/c13-12-14-6-5-11(15-12)16(9-3-4-9)8-10-2-1-7-17-10/h1-2,5-7,9H,3-4,8H2,(H2,13,14,15). The van der Waals surface area contributed by atoms with Gasteiger partial charge < -0.3 is 10.6 Å². The molecule has 0 amide bonds. The van der Waals surface area contributed by atoms with E-state index in [-0.39, 0.29) is 0 Å². The van der Waals surface area contributed by atoms with E-state index in [2.05, 4.69) is 32.4 Å². The monoisotopic (exact) mass is 246 g/mol. The molecule has 0 saturated heterocycles. The van der Waals surface area contributed by atoms with Crippen LogP contribution in [-0.2, 0) is 6.54 Å². The fourth-order valence-corrected chi connectivity index (χ4v) is 2.58. The van der Waals surface area contributed by atoms with Crippen molar-refractivity contribution in [3.63, 3.8) is 0 Å². The van der Waals surface area contributed by atoms with Gasteiger partial charge in [-0.3, -0.25) is 0 Å².